The molecule has 0 saturated carbocycles. The number of aliphatic carboxylic acids is 1. The summed E-state index contributed by atoms with van der Waals surface area (Å²) in [5.74, 6) is -0.151. The number of benzene rings is 1. The molecule has 0 aliphatic carbocycles. The number of hydrogen-bond donors (Lipinski definition) is 3. The molecule has 3 N–H and O–H groups in total. The van der Waals surface area contributed by atoms with Crippen LogP contribution in [0.5, 0.6) is 5.75 Å². The molecule has 2 aliphatic rings. The largest absolute Gasteiger partial charge is 0.493 e. The lowest BCUT2D eigenvalue weighted by molar-refractivity contribution is -0.137. The average molecular weight is 360 g/mol. The Morgan fingerprint density at radius 3 is 2.77 bits per heavy atom. The predicted octanol–water partition coefficient (Wildman–Crippen LogP) is 1.53. The highest BCUT2D eigenvalue weighted by Gasteiger charge is 2.37. The summed E-state index contributed by atoms with van der Waals surface area (Å²) in [7, 11) is 0. The number of nitrogens with one attached hydrogen (secondary N) is 2. The van der Waals surface area contributed by atoms with Crippen molar-refractivity contribution >= 4 is 17.8 Å². The number of carboxylic acids is 1. The zero-order chi connectivity index (χ0) is 18.6. The fraction of sp³-hybridized carbons (Fsp3) is 0.526. The Balaban J connectivity index is 1.49. The zero-order valence-corrected chi connectivity index (χ0v) is 14.7. The molecule has 1 aromatic rings. The van der Waals surface area contributed by atoms with Crippen molar-refractivity contribution in [3.8, 4) is 5.75 Å². The Morgan fingerprint density at radius 1 is 1.23 bits per heavy atom. The summed E-state index contributed by atoms with van der Waals surface area (Å²) in [5, 5.41) is 14.7. The van der Waals surface area contributed by atoms with Crippen molar-refractivity contribution in [2.24, 2.45) is 0 Å². The Morgan fingerprint density at radius 2 is 2.04 bits per heavy atom. The summed E-state index contributed by atoms with van der Waals surface area (Å²) in [6, 6.07) is 5.92. The van der Waals surface area contributed by atoms with Gasteiger partial charge in [0.05, 0.1) is 6.61 Å². The molecule has 2 aliphatic heterocycles. The Bertz CT molecular complexity index is 718. The van der Waals surface area contributed by atoms with Crippen molar-refractivity contribution in [1.29, 1.82) is 0 Å². The lowest BCUT2D eigenvalue weighted by Crippen LogP contribution is -2.43. The second-order valence-corrected chi connectivity index (χ2v) is 7.04. The van der Waals surface area contributed by atoms with E-state index >= 15 is 0 Å². The van der Waals surface area contributed by atoms with E-state index in [9.17, 15) is 14.4 Å². The maximum Gasteiger partial charge on any atom is 0.303 e. The summed E-state index contributed by atoms with van der Waals surface area (Å²) >= 11 is 0. The second kappa shape index (κ2) is 7.76. The quantitative estimate of drug-likeness (QED) is 0.652. The molecule has 2 heterocycles. The van der Waals surface area contributed by atoms with Crippen LogP contribution in [0.4, 0.5) is 0 Å². The minimum absolute atomic E-state index is 0.0148. The van der Waals surface area contributed by atoms with Gasteiger partial charge in [-0.1, -0.05) is 12.1 Å². The summed E-state index contributed by atoms with van der Waals surface area (Å²) in [5.41, 5.74) is 1.62. The van der Waals surface area contributed by atoms with E-state index < -0.39 is 11.5 Å². The molecule has 3 rings (SSSR count). The third-order valence-corrected chi connectivity index (χ3v) is 5.13. The van der Waals surface area contributed by atoms with Crippen molar-refractivity contribution in [3.63, 3.8) is 0 Å². The van der Waals surface area contributed by atoms with Crippen molar-refractivity contribution < 1.29 is 24.2 Å². The van der Waals surface area contributed by atoms with E-state index in [0.29, 0.717) is 38.8 Å². The topological polar surface area (TPSA) is 105 Å². The molecule has 7 heteroatoms. The first kappa shape index (κ1) is 18.2. The number of amides is 2. The van der Waals surface area contributed by atoms with Crippen LogP contribution in [0.2, 0.25) is 0 Å². The van der Waals surface area contributed by atoms with E-state index in [1.54, 1.807) is 0 Å². The molecule has 0 bridgehead atoms. The minimum Gasteiger partial charge on any atom is -0.493 e. The number of carbonyl (C=O) groups excluding carboxylic acids is 2. The molecule has 0 radical (unpaired) electrons. The normalized spacial score (nSPS) is 21.0. The SMILES string of the molecule is O=C(O)CCC1(CCC(=O)NCc2ccc3c(c2)CCO3)CCC(=O)N1. The molecule has 26 heavy (non-hydrogen) atoms. The standard InChI is InChI=1S/C19H24N2O5/c22-16(20-12-13-1-2-15-14(11-13)6-10-26-15)3-7-19(9-5-18(24)25)8-4-17(23)21-19/h1-2,11H,3-10,12H2,(H,20,22)(H,21,23)(H,24,25). The highest BCUT2D eigenvalue weighted by molar-refractivity contribution is 5.80. The lowest BCUT2D eigenvalue weighted by Gasteiger charge is -2.28. The fourth-order valence-electron chi connectivity index (χ4n) is 3.61. The van der Waals surface area contributed by atoms with Crippen LogP contribution >= 0.6 is 0 Å². The predicted molar refractivity (Wildman–Crippen MR) is 93.7 cm³/mol. The van der Waals surface area contributed by atoms with Gasteiger partial charge in [0.2, 0.25) is 11.8 Å². The third-order valence-electron chi connectivity index (χ3n) is 5.13. The molecule has 7 nitrogen and oxygen atoms in total. The van der Waals surface area contributed by atoms with Crippen LogP contribution in [0, 0.1) is 0 Å². The van der Waals surface area contributed by atoms with Gasteiger partial charge in [-0.25, -0.2) is 0 Å². The molecule has 1 unspecified atom stereocenters. The second-order valence-electron chi connectivity index (χ2n) is 7.04. The number of rotatable bonds is 8. The molecule has 2 amide bonds. The van der Waals surface area contributed by atoms with E-state index in [1.807, 2.05) is 18.2 Å². The molecule has 1 atom stereocenters. The van der Waals surface area contributed by atoms with E-state index in [0.717, 1.165) is 23.3 Å². The van der Waals surface area contributed by atoms with E-state index in [-0.39, 0.29) is 24.7 Å². The van der Waals surface area contributed by atoms with Crippen molar-refractivity contribution in [2.45, 2.75) is 57.0 Å². The van der Waals surface area contributed by atoms with Gasteiger partial charge in [-0.15, -0.1) is 0 Å². The monoisotopic (exact) mass is 360 g/mol. The first-order chi connectivity index (χ1) is 12.5. The van der Waals surface area contributed by atoms with Gasteiger partial charge < -0.3 is 20.5 Å². The number of carboxylic acid groups (broad SMARTS) is 1. The first-order valence-corrected chi connectivity index (χ1v) is 9.00. The number of carbonyl (C=O) groups is 3. The van der Waals surface area contributed by atoms with Crippen LogP contribution in [0.15, 0.2) is 18.2 Å². The van der Waals surface area contributed by atoms with Gasteiger partial charge in [-0.05, 0) is 36.5 Å². The van der Waals surface area contributed by atoms with E-state index in [2.05, 4.69) is 10.6 Å². The van der Waals surface area contributed by atoms with Crippen molar-refractivity contribution in [3.05, 3.63) is 29.3 Å². The maximum absolute atomic E-state index is 12.2. The average Bonchev–Trinajstić information content (AvgIpc) is 3.23. The Hall–Kier alpha value is -2.57. The van der Waals surface area contributed by atoms with Gasteiger partial charge in [-0.2, -0.15) is 0 Å². The Labute approximate surface area is 152 Å². The summed E-state index contributed by atoms with van der Waals surface area (Å²) in [4.78, 5) is 34.6. The molecule has 1 aromatic carbocycles. The summed E-state index contributed by atoms with van der Waals surface area (Å²) in [6.07, 6.45) is 2.91. The van der Waals surface area contributed by atoms with Gasteiger partial charge in [0, 0.05) is 37.8 Å². The van der Waals surface area contributed by atoms with Gasteiger partial charge in [-0.3, -0.25) is 14.4 Å². The molecule has 0 aromatic heterocycles. The van der Waals surface area contributed by atoms with Gasteiger partial charge in [0.1, 0.15) is 5.75 Å². The Kier molecular flexibility index (Phi) is 5.44. The molecular weight excluding hydrogens is 336 g/mol. The first-order valence-electron chi connectivity index (χ1n) is 9.00. The van der Waals surface area contributed by atoms with Crippen LogP contribution < -0.4 is 15.4 Å². The molecule has 140 valence electrons. The van der Waals surface area contributed by atoms with Crippen LogP contribution in [0.3, 0.4) is 0 Å². The number of fused-ring (bicyclic) bond motifs is 1. The van der Waals surface area contributed by atoms with Gasteiger partial charge in [0.25, 0.3) is 0 Å². The van der Waals surface area contributed by atoms with Crippen molar-refractivity contribution in [1.82, 2.24) is 10.6 Å². The molecule has 0 spiro atoms. The maximum atomic E-state index is 12.2. The number of hydrogen-bond acceptors (Lipinski definition) is 4. The van der Waals surface area contributed by atoms with Crippen molar-refractivity contribution in [2.75, 3.05) is 6.61 Å². The fourth-order valence-corrected chi connectivity index (χ4v) is 3.61. The van der Waals surface area contributed by atoms with E-state index in [4.69, 9.17) is 9.84 Å². The minimum atomic E-state index is -0.893. The molecular formula is C19H24N2O5. The third kappa shape index (κ3) is 4.53. The van der Waals surface area contributed by atoms with Gasteiger partial charge in [0.15, 0.2) is 0 Å². The van der Waals surface area contributed by atoms with Crippen LogP contribution in [-0.4, -0.2) is 35.0 Å². The zero-order valence-electron chi connectivity index (χ0n) is 14.7. The summed E-state index contributed by atoms with van der Waals surface area (Å²) in [6.45, 7) is 1.15. The number of ether oxygens (including phenoxy) is 1. The highest BCUT2D eigenvalue weighted by atomic mass is 16.5. The lowest BCUT2D eigenvalue weighted by atomic mass is 9.86. The highest BCUT2D eigenvalue weighted by Crippen LogP contribution is 2.30. The van der Waals surface area contributed by atoms with Crippen LogP contribution in [0.1, 0.15) is 49.7 Å². The van der Waals surface area contributed by atoms with E-state index in [1.165, 1.54) is 0 Å². The molecule has 1 saturated heterocycles. The van der Waals surface area contributed by atoms with Gasteiger partial charge >= 0.3 is 5.97 Å². The summed E-state index contributed by atoms with van der Waals surface area (Å²) < 4.78 is 5.47. The smallest absolute Gasteiger partial charge is 0.303 e. The van der Waals surface area contributed by atoms with Crippen LogP contribution in [-0.2, 0) is 27.3 Å². The molecule has 1 fully saturated rings. The van der Waals surface area contributed by atoms with Crippen LogP contribution in [0.25, 0.3) is 0 Å².